The van der Waals surface area contributed by atoms with Gasteiger partial charge < -0.3 is 0 Å². The first-order valence-electron chi connectivity index (χ1n) is 5.38. The van der Waals surface area contributed by atoms with Gasteiger partial charge in [-0.05, 0) is 38.0 Å². The van der Waals surface area contributed by atoms with E-state index in [1.54, 1.807) is 11.3 Å². The minimum Gasteiger partial charge on any atom is -0.247 e. The van der Waals surface area contributed by atoms with Gasteiger partial charge in [0.25, 0.3) is 0 Å². The fourth-order valence-corrected chi connectivity index (χ4v) is 3.40. The Hall–Kier alpha value is -0.380. The number of halogens is 2. The first-order valence-corrected chi connectivity index (χ1v) is 7.43. The average molecular weight is 331 g/mol. The summed E-state index contributed by atoms with van der Waals surface area (Å²) in [7, 11) is 0. The molecule has 1 unspecified atom stereocenters. The molecule has 0 saturated carbocycles. The maximum Gasteiger partial charge on any atom is 0.0900 e. The van der Waals surface area contributed by atoms with Crippen LogP contribution in [0, 0.1) is 13.8 Å². The van der Waals surface area contributed by atoms with Gasteiger partial charge in [0.2, 0.25) is 0 Å². The van der Waals surface area contributed by atoms with Crippen molar-refractivity contribution in [3.8, 4) is 0 Å². The summed E-state index contributed by atoms with van der Waals surface area (Å²) in [5.41, 5.74) is 2.31. The first-order chi connectivity index (χ1) is 8.06. The lowest BCUT2D eigenvalue weighted by Gasteiger charge is -2.08. The summed E-state index contributed by atoms with van der Waals surface area (Å²) in [6, 6.07) is 8.29. The molecule has 0 spiro atoms. The van der Waals surface area contributed by atoms with Gasteiger partial charge in [0, 0.05) is 9.35 Å². The van der Waals surface area contributed by atoms with E-state index >= 15 is 0 Å². The Morgan fingerprint density at radius 3 is 2.47 bits per heavy atom. The zero-order valence-electron chi connectivity index (χ0n) is 9.71. The van der Waals surface area contributed by atoms with E-state index in [-0.39, 0.29) is 5.38 Å². The van der Waals surface area contributed by atoms with E-state index in [0.717, 1.165) is 21.6 Å². The van der Waals surface area contributed by atoms with Crippen LogP contribution in [0.25, 0.3) is 0 Å². The molecule has 0 radical (unpaired) electrons. The summed E-state index contributed by atoms with van der Waals surface area (Å²) >= 11 is 11.6. The van der Waals surface area contributed by atoms with Gasteiger partial charge in [-0.3, -0.25) is 0 Å². The predicted molar refractivity (Wildman–Crippen MR) is 78.0 cm³/mol. The predicted octanol–water partition coefficient (Wildman–Crippen LogP) is 5.05. The molecular formula is C13H13BrClNS. The van der Waals surface area contributed by atoms with Gasteiger partial charge in [0.05, 0.1) is 16.1 Å². The Bertz CT molecular complexity index is 507. The summed E-state index contributed by atoms with van der Waals surface area (Å²) < 4.78 is 1.09. The maximum absolute atomic E-state index is 6.46. The van der Waals surface area contributed by atoms with Crippen molar-refractivity contribution in [2.75, 3.05) is 0 Å². The first kappa shape index (κ1) is 13.1. The van der Waals surface area contributed by atoms with Crippen molar-refractivity contribution in [3.05, 3.63) is 49.9 Å². The zero-order valence-corrected chi connectivity index (χ0v) is 12.9. The summed E-state index contributed by atoms with van der Waals surface area (Å²) in [5, 5.41) is 1.10. The number of thiazole rings is 1. The third-order valence-corrected chi connectivity index (χ3v) is 4.77. The molecule has 0 aliphatic rings. The third-order valence-electron chi connectivity index (χ3n) is 2.55. The normalized spacial score (nSPS) is 12.7. The summed E-state index contributed by atoms with van der Waals surface area (Å²) in [4.78, 5) is 5.60. The highest BCUT2D eigenvalue weighted by Crippen LogP contribution is 2.32. The van der Waals surface area contributed by atoms with Crippen LogP contribution in [0.15, 0.2) is 28.7 Å². The molecule has 1 nitrogen and oxygen atoms in total. The summed E-state index contributed by atoms with van der Waals surface area (Å²) in [5.74, 6) is 0. The van der Waals surface area contributed by atoms with Crippen LogP contribution in [0.5, 0.6) is 0 Å². The van der Waals surface area contributed by atoms with Crippen LogP contribution < -0.4 is 0 Å². The van der Waals surface area contributed by atoms with Gasteiger partial charge in [0.15, 0.2) is 0 Å². The van der Waals surface area contributed by atoms with Crippen LogP contribution in [-0.2, 0) is 6.42 Å². The molecule has 17 heavy (non-hydrogen) atoms. The molecule has 0 aliphatic carbocycles. The SMILES string of the molecule is Cc1nc(C)c(C(Cl)Cc2ccc(Br)cc2)s1. The van der Waals surface area contributed by atoms with Gasteiger partial charge in [-0.25, -0.2) is 4.98 Å². The lowest BCUT2D eigenvalue weighted by atomic mass is 10.1. The van der Waals surface area contributed by atoms with Crippen LogP contribution in [-0.4, -0.2) is 4.98 Å². The number of alkyl halides is 1. The van der Waals surface area contributed by atoms with Crippen LogP contribution >= 0.6 is 38.9 Å². The fraction of sp³-hybridized carbons (Fsp3) is 0.308. The van der Waals surface area contributed by atoms with Gasteiger partial charge >= 0.3 is 0 Å². The molecule has 0 bridgehead atoms. The molecule has 0 amide bonds. The minimum absolute atomic E-state index is 0.0161. The highest BCUT2D eigenvalue weighted by molar-refractivity contribution is 9.10. The van der Waals surface area contributed by atoms with E-state index in [1.165, 1.54) is 10.4 Å². The highest BCUT2D eigenvalue weighted by Gasteiger charge is 2.15. The molecule has 1 atom stereocenters. The Kier molecular flexibility index (Phi) is 4.23. The van der Waals surface area contributed by atoms with E-state index in [0.29, 0.717) is 0 Å². The second kappa shape index (κ2) is 5.51. The molecule has 0 saturated heterocycles. The number of hydrogen-bond donors (Lipinski definition) is 0. The fourth-order valence-electron chi connectivity index (χ4n) is 1.76. The molecule has 1 aromatic heterocycles. The quantitative estimate of drug-likeness (QED) is 0.718. The topological polar surface area (TPSA) is 12.9 Å². The Labute approximate surface area is 119 Å². The monoisotopic (exact) mass is 329 g/mol. The number of rotatable bonds is 3. The Morgan fingerprint density at radius 1 is 1.29 bits per heavy atom. The highest BCUT2D eigenvalue weighted by atomic mass is 79.9. The molecular weight excluding hydrogens is 318 g/mol. The number of aromatic nitrogens is 1. The molecule has 2 rings (SSSR count). The number of hydrogen-bond acceptors (Lipinski definition) is 2. The zero-order chi connectivity index (χ0) is 12.4. The van der Waals surface area contributed by atoms with Gasteiger partial charge in [-0.2, -0.15) is 0 Å². The van der Waals surface area contributed by atoms with Crippen LogP contribution in [0.4, 0.5) is 0 Å². The third kappa shape index (κ3) is 3.30. The maximum atomic E-state index is 6.46. The molecule has 0 N–H and O–H groups in total. The summed E-state index contributed by atoms with van der Waals surface area (Å²) in [6.45, 7) is 4.04. The van der Waals surface area contributed by atoms with Gasteiger partial charge in [0.1, 0.15) is 0 Å². The second-order valence-corrected chi connectivity index (χ2v) is 6.66. The smallest absolute Gasteiger partial charge is 0.0900 e. The molecule has 4 heteroatoms. The lowest BCUT2D eigenvalue weighted by Crippen LogP contribution is -1.95. The average Bonchev–Trinajstić information content (AvgIpc) is 2.61. The summed E-state index contributed by atoms with van der Waals surface area (Å²) in [6.07, 6.45) is 0.845. The van der Waals surface area contributed by atoms with E-state index in [1.807, 2.05) is 26.0 Å². The standard InChI is InChI=1S/C13H13BrClNS/c1-8-13(17-9(2)16-8)12(15)7-10-3-5-11(14)6-4-10/h3-6,12H,7H2,1-2H3. The lowest BCUT2D eigenvalue weighted by molar-refractivity contribution is 0.922. The van der Waals surface area contributed by atoms with Gasteiger partial charge in [-0.15, -0.1) is 22.9 Å². The molecule has 1 aromatic carbocycles. The number of aryl methyl sites for hydroxylation is 2. The van der Waals surface area contributed by atoms with Crippen LogP contribution in [0.2, 0.25) is 0 Å². The van der Waals surface area contributed by atoms with Crippen LogP contribution in [0.3, 0.4) is 0 Å². The van der Waals surface area contributed by atoms with Gasteiger partial charge in [-0.1, -0.05) is 28.1 Å². The van der Waals surface area contributed by atoms with E-state index in [9.17, 15) is 0 Å². The van der Waals surface area contributed by atoms with Crippen molar-refractivity contribution in [1.29, 1.82) is 0 Å². The number of nitrogens with zero attached hydrogens (tertiary/aromatic N) is 1. The molecule has 90 valence electrons. The molecule has 1 heterocycles. The molecule has 0 aliphatic heterocycles. The van der Waals surface area contributed by atoms with E-state index in [4.69, 9.17) is 11.6 Å². The van der Waals surface area contributed by atoms with E-state index < -0.39 is 0 Å². The largest absolute Gasteiger partial charge is 0.247 e. The van der Waals surface area contributed by atoms with Crippen molar-refractivity contribution < 1.29 is 0 Å². The Balaban J connectivity index is 2.14. The minimum atomic E-state index is 0.0161. The van der Waals surface area contributed by atoms with Crippen molar-refractivity contribution >= 4 is 38.9 Å². The van der Waals surface area contributed by atoms with Crippen molar-refractivity contribution in [2.45, 2.75) is 25.6 Å². The van der Waals surface area contributed by atoms with Crippen molar-refractivity contribution in [3.63, 3.8) is 0 Å². The van der Waals surface area contributed by atoms with Crippen molar-refractivity contribution in [1.82, 2.24) is 4.98 Å². The number of benzene rings is 1. The second-order valence-electron chi connectivity index (χ2n) is 3.98. The van der Waals surface area contributed by atoms with E-state index in [2.05, 4.69) is 33.0 Å². The molecule has 0 fully saturated rings. The van der Waals surface area contributed by atoms with Crippen molar-refractivity contribution in [2.24, 2.45) is 0 Å². The Morgan fingerprint density at radius 2 is 1.94 bits per heavy atom. The molecule has 2 aromatic rings. The van der Waals surface area contributed by atoms with Crippen LogP contribution in [0.1, 0.15) is 26.5 Å².